The summed E-state index contributed by atoms with van der Waals surface area (Å²) in [6.07, 6.45) is 5.12. The molecular weight excluding hydrogens is 470 g/mol. The minimum Gasteiger partial charge on any atom is -0.392 e. The first kappa shape index (κ1) is 25.6. The highest BCUT2D eigenvalue weighted by atomic mass is 32.1. The predicted octanol–water partition coefficient (Wildman–Crippen LogP) is 3.66. The van der Waals surface area contributed by atoms with E-state index in [1.165, 1.54) is 4.88 Å². The van der Waals surface area contributed by atoms with Crippen LogP contribution in [0.1, 0.15) is 55.8 Å². The van der Waals surface area contributed by atoms with Crippen LogP contribution < -0.4 is 5.32 Å². The summed E-state index contributed by atoms with van der Waals surface area (Å²) in [6, 6.07) is 6.01. The minimum absolute atomic E-state index is 0.00818. The SMILES string of the molecule is C[C@H](C(=O)N1CCN(C)CC1)[C@H]1CC[C@@]2(C)Cc3sc(NCCc4ccccn4)nc3[C@@H](C)[C@@H]2[C@H]1O. The first-order valence-corrected chi connectivity index (χ1v) is 14.4. The van der Waals surface area contributed by atoms with Crippen LogP contribution in [0.25, 0.3) is 0 Å². The molecule has 1 amide bonds. The average Bonchev–Trinajstić information content (AvgIpc) is 3.27. The molecule has 1 saturated heterocycles. The number of piperazine rings is 1. The second-order valence-corrected chi connectivity index (χ2v) is 12.7. The van der Waals surface area contributed by atoms with Crippen molar-refractivity contribution in [3.8, 4) is 0 Å². The molecule has 0 unspecified atom stereocenters. The van der Waals surface area contributed by atoms with Crippen molar-refractivity contribution in [2.24, 2.45) is 23.2 Å². The fraction of sp³-hybridized carbons (Fsp3) is 0.679. The van der Waals surface area contributed by atoms with Gasteiger partial charge in [-0.2, -0.15) is 0 Å². The molecule has 2 aromatic rings. The van der Waals surface area contributed by atoms with Crippen LogP contribution in [0, 0.1) is 23.2 Å². The van der Waals surface area contributed by atoms with Crippen LogP contribution in [0.5, 0.6) is 0 Å². The van der Waals surface area contributed by atoms with E-state index in [1.807, 2.05) is 30.2 Å². The summed E-state index contributed by atoms with van der Waals surface area (Å²) in [4.78, 5) is 28.4. The van der Waals surface area contributed by atoms with Gasteiger partial charge in [-0.05, 0) is 55.7 Å². The highest BCUT2D eigenvalue weighted by Gasteiger charge is 2.54. The van der Waals surface area contributed by atoms with Crippen LogP contribution in [0.4, 0.5) is 5.13 Å². The van der Waals surface area contributed by atoms with Crippen LogP contribution >= 0.6 is 11.3 Å². The molecule has 8 heteroatoms. The van der Waals surface area contributed by atoms with E-state index in [-0.39, 0.29) is 35.0 Å². The third-order valence-electron chi connectivity index (χ3n) is 9.15. The number of rotatable bonds is 6. The van der Waals surface area contributed by atoms with Crippen molar-refractivity contribution in [1.29, 1.82) is 0 Å². The van der Waals surface area contributed by atoms with Gasteiger partial charge in [-0.1, -0.05) is 26.8 Å². The second-order valence-electron chi connectivity index (χ2n) is 11.6. The van der Waals surface area contributed by atoms with E-state index in [0.29, 0.717) is 0 Å². The molecule has 5 rings (SSSR count). The largest absolute Gasteiger partial charge is 0.392 e. The number of carbonyl (C=O) groups is 1. The molecule has 3 heterocycles. The maximum absolute atomic E-state index is 13.3. The second kappa shape index (κ2) is 10.4. The van der Waals surface area contributed by atoms with Gasteiger partial charge in [0.1, 0.15) is 0 Å². The monoisotopic (exact) mass is 511 g/mol. The van der Waals surface area contributed by atoms with Crippen LogP contribution in [-0.4, -0.2) is 76.7 Å². The summed E-state index contributed by atoms with van der Waals surface area (Å²) in [7, 11) is 2.11. The minimum atomic E-state index is -0.486. The molecule has 0 bridgehead atoms. The van der Waals surface area contributed by atoms with E-state index in [4.69, 9.17) is 4.98 Å². The predicted molar refractivity (Wildman–Crippen MR) is 144 cm³/mol. The smallest absolute Gasteiger partial charge is 0.225 e. The van der Waals surface area contributed by atoms with E-state index in [9.17, 15) is 9.90 Å². The van der Waals surface area contributed by atoms with E-state index >= 15 is 0 Å². The number of anilines is 1. The van der Waals surface area contributed by atoms with Gasteiger partial charge in [0.15, 0.2) is 5.13 Å². The molecule has 0 radical (unpaired) electrons. The Morgan fingerprint density at radius 2 is 2.08 bits per heavy atom. The fourth-order valence-electron chi connectivity index (χ4n) is 6.96. The molecular formula is C28H41N5O2S. The van der Waals surface area contributed by atoms with Gasteiger partial charge in [0, 0.05) is 67.7 Å². The Kier molecular flexibility index (Phi) is 7.39. The number of nitrogens with one attached hydrogen (secondary N) is 1. The van der Waals surface area contributed by atoms with Gasteiger partial charge in [-0.3, -0.25) is 9.78 Å². The van der Waals surface area contributed by atoms with Crippen molar-refractivity contribution in [2.75, 3.05) is 45.1 Å². The van der Waals surface area contributed by atoms with Gasteiger partial charge in [0.2, 0.25) is 5.91 Å². The molecule has 2 aromatic heterocycles. The van der Waals surface area contributed by atoms with Gasteiger partial charge in [0.25, 0.3) is 0 Å². The Morgan fingerprint density at radius 1 is 1.31 bits per heavy atom. The normalized spacial score (nSPS) is 31.4. The van der Waals surface area contributed by atoms with Crippen molar-refractivity contribution in [1.82, 2.24) is 19.8 Å². The number of aliphatic hydroxyl groups is 1. The fourth-order valence-corrected chi connectivity index (χ4v) is 8.25. The summed E-state index contributed by atoms with van der Waals surface area (Å²) in [5.41, 5.74) is 2.25. The number of hydrogen-bond acceptors (Lipinski definition) is 7. The number of aromatic nitrogens is 2. The quantitative estimate of drug-likeness (QED) is 0.616. The third-order valence-corrected chi connectivity index (χ3v) is 10.2. The van der Waals surface area contributed by atoms with Gasteiger partial charge in [-0.25, -0.2) is 4.98 Å². The Morgan fingerprint density at radius 3 is 2.81 bits per heavy atom. The summed E-state index contributed by atoms with van der Waals surface area (Å²) in [5.74, 6) is 0.364. The van der Waals surface area contributed by atoms with E-state index in [0.717, 1.165) is 74.9 Å². The molecule has 36 heavy (non-hydrogen) atoms. The lowest BCUT2D eigenvalue weighted by Gasteiger charge is -2.53. The van der Waals surface area contributed by atoms with Crippen LogP contribution in [-0.2, 0) is 17.6 Å². The van der Waals surface area contributed by atoms with Gasteiger partial charge in [0.05, 0.1) is 11.8 Å². The van der Waals surface area contributed by atoms with E-state index in [1.54, 1.807) is 11.3 Å². The highest BCUT2D eigenvalue weighted by Crippen LogP contribution is 2.57. The maximum Gasteiger partial charge on any atom is 0.225 e. The third kappa shape index (κ3) is 4.92. The highest BCUT2D eigenvalue weighted by molar-refractivity contribution is 7.15. The first-order valence-electron chi connectivity index (χ1n) is 13.6. The van der Waals surface area contributed by atoms with Crippen molar-refractivity contribution in [3.63, 3.8) is 0 Å². The number of pyridine rings is 1. The van der Waals surface area contributed by atoms with E-state index < -0.39 is 6.10 Å². The Bertz CT molecular complexity index is 1050. The molecule has 0 aromatic carbocycles. The number of nitrogens with zero attached hydrogens (tertiary/aromatic N) is 4. The van der Waals surface area contributed by atoms with Crippen molar-refractivity contribution >= 4 is 22.4 Å². The summed E-state index contributed by atoms with van der Waals surface area (Å²) in [5, 5.41) is 16.2. The van der Waals surface area contributed by atoms with Crippen molar-refractivity contribution in [3.05, 3.63) is 40.7 Å². The van der Waals surface area contributed by atoms with Crippen molar-refractivity contribution in [2.45, 2.75) is 58.5 Å². The van der Waals surface area contributed by atoms with Gasteiger partial charge < -0.3 is 20.2 Å². The number of likely N-dealkylation sites (N-methyl/N-ethyl adjacent to an activating group) is 1. The topological polar surface area (TPSA) is 81.6 Å². The standard InChI is InChI=1S/C28H41N5O2S/c1-18(26(35)33-15-13-32(4)14-16-33)21-8-10-28(3)17-22-24(19(2)23(28)25(21)34)31-27(36-22)30-12-9-20-7-5-6-11-29-20/h5-7,11,18-19,21,23,25,34H,8-10,12-17H2,1-4H3,(H,30,31)/t18-,19-,21+,23+,25-,28-/m0/s1. The summed E-state index contributed by atoms with van der Waals surface area (Å²) >= 11 is 1.77. The maximum atomic E-state index is 13.3. The lowest BCUT2D eigenvalue weighted by Crippen LogP contribution is -2.55. The number of fused-ring (bicyclic) bond motifs is 2. The molecule has 0 spiro atoms. The Hall–Kier alpha value is -2.03. The number of amides is 1. The van der Waals surface area contributed by atoms with Crippen LogP contribution in [0.15, 0.2) is 24.4 Å². The lowest BCUT2D eigenvalue weighted by atomic mass is 9.53. The van der Waals surface area contributed by atoms with Gasteiger partial charge >= 0.3 is 0 Å². The average molecular weight is 512 g/mol. The molecule has 1 aliphatic heterocycles. The zero-order chi connectivity index (χ0) is 25.4. The molecule has 196 valence electrons. The molecule has 2 N–H and O–H groups in total. The molecule has 1 saturated carbocycles. The first-order chi connectivity index (χ1) is 17.3. The Labute approximate surface area is 219 Å². The molecule has 6 atom stereocenters. The zero-order valence-corrected chi connectivity index (χ0v) is 22.9. The summed E-state index contributed by atoms with van der Waals surface area (Å²) < 4.78 is 0. The van der Waals surface area contributed by atoms with Crippen molar-refractivity contribution < 1.29 is 9.90 Å². The number of hydrogen-bond donors (Lipinski definition) is 2. The number of thiazole rings is 1. The number of carbonyl (C=O) groups excluding carboxylic acids is 1. The van der Waals surface area contributed by atoms with Gasteiger partial charge in [-0.15, -0.1) is 11.3 Å². The van der Waals surface area contributed by atoms with E-state index in [2.05, 4.69) is 42.2 Å². The molecule has 2 aliphatic carbocycles. The molecule has 7 nitrogen and oxygen atoms in total. The number of aliphatic hydroxyl groups excluding tert-OH is 1. The summed E-state index contributed by atoms with van der Waals surface area (Å²) in [6.45, 7) is 10.9. The molecule has 3 aliphatic rings. The molecule has 2 fully saturated rings. The van der Waals surface area contributed by atoms with Crippen LogP contribution in [0.2, 0.25) is 0 Å². The Balaban J connectivity index is 1.27. The zero-order valence-electron chi connectivity index (χ0n) is 22.1. The van der Waals surface area contributed by atoms with Crippen LogP contribution in [0.3, 0.4) is 0 Å². The lowest BCUT2D eigenvalue weighted by molar-refractivity contribution is -0.146.